The summed E-state index contributed by atoms with van der Waals surface area (Å²) in [6.07, 6.45) is -0.825. The molecular weight excluding hydrogens is 140 g/mol. The average Bonchev–Trinajstić information content (AvgIpc) is 1.81. The summed E-state index contributed by atoms with van der Waals surface area (Å²) >= 11 is 0. The van der Waals surface area contributed by atoms with Gasteiger partial charge in [0, 0.05) is 0 Å². The van der Waals surface area contributed by atoms with Gasteiger partial charge >= 0.3 is 6.17 Å². The Balaban J connectivity index is 4.11. The second-order valence-corrected chi connectivity index (χ2v) is 1.58. The summed E-state index contributed by atoms with van der Waals surface area (Å²) < 4.78 is 0. The van der Waals surface area contributed by atoms with E-state index in [1.807, 2.05) is 0 Å². The van der Waals surface area contributed by atoms with Gasteiger partial charge in [-0.25, -0.2) is 0 Å². The van der Waals surface area contributed by atoms with Crippen molar-refractivity contribution in [2.24, 2.45) is 0 Å². The third kappa shape index (κ3) is 2.21. The molecule has 0 radical (unpaired) electrons. The maximum absolute atomic E-state index is 9.85. The zero-order valence-electron chi connectivity index (χ0n) is 5.10. The predicted octanol–water partition coefficient (Wildman–Crippen LogP) is 0.442. The highest BCUT2D eigenvalue weighted by atomic mass is 16.7. The highest BCUT2D eigenvalue weighted by molar-refractivity contribution is 4.67. The van der Waals surface area contributed by atoms with Crippen LogP contribution in [0.15, 0.2) is 12.7 Å². The van der Waals surface area contributed by atoms with E-state index in [4.69, 9.17) is 0 Å². The lowest BCUT2D eigenvalue weighted by Crippen LogP contribution is -2.27. The molecule has 0 fully saturated rings. The normalized spacial score (nSPS) is 9.30. The van der Waals surface area contributed by atoms with E-state index < -0.39 is 16.0 Å². The lowest BCUT2D eigenvalue weighted by Gasteiger charge is -1.95. The number of hydrogen-bond acceptors (Lipinski definition) is 4. The van der Waals surface area contributed by atoms with E-state index in [2.05, 4.69) is 6.58 Å². The molecule has 0 saturated heterocycles. The monoisotopic (exact) mass is 146 g/mol. The number of nitrogens with zero attached hydrogens (tertiary/aromatic N) is 2. The molecule has 0 aromatic carbocycles. The van der Waals surface area contributed by atoms with Crippen LogP contribution in [0, 0.1) is 20.2 Å². The molecule has 0 heterocycles. The molecule has 0 aromatic rings. The molecule has 0 aliphatic heterocycles. The Kier molecular flexibility index (Phi) is 3.03. The van der Waals surface area contributed by atoms with Gasteiger partial charge in [0.15, 0.2) is 0 Å². The van der Waals surface area contributed by atoms with Gasteiger partial charge in [0.2, 0.25) is 0 Å². The van der Waals surface area contributed by atoms with Crippen LogP contribution in [-0.4, -0.2) is 16.0 Å². The van der Waals surface area contributed by atoms with Gasteiger partial charge in [-0.1, -0.05) is 6.08 Å². The molecule has 0 rings (SSSR count). The summed E-state index contributed by atoms with van der Waals surface area (Å²) in [5, 5.41) is 19.7. The van der Waals surface area contributed by atoms with Crippen molar-refractivity contribution < 1.29 is 9.85 Å². The maximum Gasteiger partial charge on any atom is 0.454 e. The molecule has 0 N–H and O–H groups in total. The summed E-state index contributed by atoms with van der Waals surface area (Å²) in [7, 11) is 0. The van der Waals surface area contributed by atoms with Gasteiger partial charge in [0.05, 0.1) is 9.85 Å². The first-order valence-electron chi connectivity index (χ1n) is 2.47. The molecule has 0 saturated carbocycles. The van der Waals surface area contributed by atoms with Gasteiger partial charge in [0.1, 0.15) is 6.42 Å². The molecule has 0 unspecified atom stereocenters. The molecule has 0 spiro atoms. The van der Waals surface area contributed by atoms with E-state index in [1.54, 1.807) is 0 Å². The van der Waals surface area contributed by atoms with E-state index in [0.717, 1.165) is 6.08 Å². The summed E-state index contributed by atoms with van der Waals surface area (Å²) in [6.45, 7) is 3.16. The topological polar surface area (TPSA) is 86.3 Å². The Bertz CT molecular complexity index is 153. The van der Waals surface area contributed by atoms with Crippen LogP contribution >= 0.6 is 0 Å². The minimum Gasteiger partial charge on any atom is -0.259 e. The molecule has 0 bridgehead atoms. The lowest BCUT2D eigenvalue weighted by molar-refractivity contribution is -0.741. The van der Waals surface area contributed by atoms with Crippen LogP contribution in [0.2, 0.25) is 0 Å². The molecule has 0 aliphatic rings. The number of nitro groups is 2. The van der Waals surface area contributed by atoms with Gasteiger partial charge in [-0.15, -0.1) is 6.58 Å². The average molecular weight is 146 g/mol. The highest BCUT2D eigenvalue weighted by Gasteiger charge is 2.29. The molecule has 6 nitrogen and oxygen atoms in total. The van der Waals surface area contributed by atoms with Gasteiger partial charge in [0.25, 0.3) is 0 Å². The van der Waals surface area contributed by atoms with Crippen molar-refractivity contribution >= 4 is 0 Å². The standard InChI is InChI=1S/C4H6N2O4/c1-2-3-4(5(7)8)6(9)10/h2,4H,1,3H2. The van der Waals surface area contributed by atoms with Gasteiger partial charge in [-0.05, 0) is 0 Å². The fraction of sp³-hybridized carbons (Fsp3) is 0.500. The molecule has 0 aliphatic carbocycles. The SMILES string of the molecule is C=CCC([N+](=O)[O-])[N+](=O)[O-]. The van der Waals surface area contributed by atoms with Gasteiger partial charge < -0.3 is 0 Å². The van der Waals surface area contributed by atoms with E-state index in [9.17, 15) is 20.2 Å². The summed E-state index contributed by atoms with van der Waals surface area (Å²) in [6, 6.07) is 0. The van der Waals surface area contributed by atoms with Crippen molar-refractivity contribution in [2.45, 2.75) is 12.6 Å². The largest absolute Gasteiger partial charge is 0.454 e. The Morgan fingerprint density at radius 1 is 1.40 bits per heavy atom. The zero-order chi connectivity index (χ0) is 8.15. The van der Waals surface area contributed by atoms with E-state index in [1.165, 1.54) is 0 Å². The first-order chi connectivity index (χ1) is 4.59. The van der Waals surface area contributed by atoms with Crippen molar-refractivity contribution in [1.82, 2.24) is 0 Å². The van der Waals surface area contributed by atoms with Crippen molar-refractivity contribution in [2.75, 3.05) is 0 Å². The van der Waals surface area contributed by atoms with Crippen LogP contribution < -0.4 is 0 Å². The Labute approximate surface area is 56.5 Å². The zero-order valence-corrected chi connectivity index (χ0v) is 5.10. The Morgan fingerprint density at radius 2 is 1.80 bits per heavy atom. The quantitative estimate of drug-likeness (QED) is 0.249. The molecule has 6 heteroatoms. The molecular formula is C4H6N2O4. The summed E-state index contributed by atoms with van der Waals surface area (Å²) in [5.41, 5.74) is 0. The second kappa shape index (κ2) is 3.54. The van der Waals surface area contributed by atoms with E-state index >= 15 is 0 Å². The molecule has 0 atom stereocenters. The summed E-state index contributed by atoms with van der Waals surface area (Å²) in [4.78, 5) is 17.8. The van der Waals surface area contributed by atoms with Crippen molar-refractivity contribution in [3.8, 4) is 0 Å². The van der Waals surface area contributed by atoms with Crippen LogP contribution in [0.1, 0.15) is 6.42 Å². The van der Waals surface area contributed by atoms with Crippen molar-refractivity contribution in [3.63, 3.8) is 0 Å². The first kappa shape index (κ1) is 8.54. The van der Waals surface area contributed by atoms with Crippen LogP contribution in [0.4, 0.5) is 0 Å². The van der Waals surface area contributed by atoms with Gasteiger partial charge in [-0.3, -0.25) is 20.2 Å². The fourth-order valence-electron chi connectivity index (χ4n) is 0.398. The van der Waals surface area contributed by atoms with Crippen LogP contribution in [0.25, 0.3) is 0 Å². The molecule has 0 aromatic heterocycles. The first-order valence-corrected chi connectivity index (χ1v) is 2.47. The highest BCUT2D eigenvalue weighted by Crippen LogP contribution is 1.97. The predicted molar refractivity (Wildman–Crippen MR) is 32.6 cm³/mol. The smallest absolute Gasteiger partial charge is 0.259 e. The Hall–Kier alpha value is -1.46. The Morgan fingerprint density at radius 3 is 1.90 bits per heavy atom. The van der Waals surface area contributed by atoms with E-state index in [0.29, 0.717) is 0 Å². The van der Waals surface area contributed by atoms with E-state index in [-0.39, 0.29) is 6.42 Å². The third-order valence-corrected chi connectivity index (χ3v) is 0.864. The second-order valence-electron chi connectivity index (χ2n) is 1.58. The minimum absolute atomic E-state index is 0.236. The number of hydrogen-bond donors (Lipinski definition) is 0. The number of rotatable bonds is 4. The molecule has 56 valence electrons. The maximum atomic E-state index is 9.85. The van der Waals surface area contributed by atoms with Crippen LogP contribution in [0.5, 0.6) is 0 Å². The van der Waals surface area contributed by atoms with Gasteiger partial charge in [-0.2, -0.15) is 0 Å². The van der Waals surface area contributed by atoms with Crippen LogP contribution in [-0.2, 0) is 0 Å². The van der Waals surface area contributed by atoms with Crippen LogP contribution in [0.3, 0.4) is 0 Å². The molecule has 0 amide bonds. The van der Waals surface area contributed by atoms with Crippen molar-refractivity contribution in [1.29, 1.82) is 0 Å². The fourth-order valence-corrected chi connectivity index (χ4v) is 0.398. The summed E-state index contributed by atoms with van der Waals surface area (Å²) in [5.74, 6) is 0. The minimum atomic E-state index is -1.74. The van der Waals surface area contributed by atoms with Crippen molar-refractivity contribution in [3.05, 3.63) is 32.9 Å². The third-order valence-electron chi connectivity index (χ3n) is 0.864. The molecule has 10 heavy (non-hydrogen) atoms. The lowest BCUT2D eigenvalue weighted by atomic mass is 10.3.